The quantitative estimate of drug-likeness (QED) is 0.351. The molecule has 7 heteroatoms. The van der Waals surface area contributed by atoms with Crippen molar-refractivity contribution in [3.05, 3.63) is 94.3 Å². The van der Waals surface area contributed by atoms with Gasteiger partial charge in [-0.25, -0.2) is 4.98 Å². The van der Waals surface area contributed by atoms with Crippen LogP contribution in [0.2, 0.25) is 0 Å². The van der Waals surface area contributed by atoms with Gasteiger partial charge in [-0.05, 0) is 60.5 Å². The maximum Gasteiger partial charge on any atom is 0.266 e. The van der Waals surface area contributed by atoms with Gasteiger partial charge in [-0.15, -0.1) is 0 Å². The molecule has 0 fully saturated rings. The number of aromatic nitrogens is 2. The fourth-order valence-electron chi connectivity index (χ4n) is 3.27. The number of hydrogen-bond acceptors (Lipinski definition) is 5. The molecule has 1 amide bonds. The highest BCUT2D eigenvalue weighted by molar-refractivity contribution is 7.99. The van der Waals surface area contributed by atoms with Crippen LogP contribution in [0.5, 0.6) is 0 Å². The first-order valence-electron chi connectivity index (χ1n) is 10.1. The van der Waals surface area contributed by atoms with Crippen molar-refractivity contribution in [3.8, 4) is 11.8 Å². The highest BCUT2D eigenvalue weighted by atomic mass is 32.2. The monoisotopic (exact) mass is 440 g/mol. The summed E-state index contributed by atoms with van der Waals surface area (Å²) < 4.78 is 1.48. The molecule has 4 aromatic rings. The molecule has 0 aliphatic carbocycles. The van der Waals surface area contributed by atoms with E-state index in [1.54, 1.807) is 42.5 Å². The minimum atomic E-state index is -0.224. The number of carbonyl (C=O) groups excluding carboxylic acids is 1. The summed E-state index contributed by atoms with van der Waals surface area (Å²) in [6.45, 7) is 2.08. The summed E-state index contributed by atoms with van der Waals surface area (Å²) in [5.41, 5.74) is 3.36. The van der Waals surface area contributed by atoms with Crippen LogP contribution in [0.1, 0.15) is 18.1 Å². The molecule has 0 aliphatic heterocycles. The van der Waals surface area contributed by atoms with Crippen LogP contribution in [0.25, 0.3) is 16.6 Å². The van der Waals surface area contributed by atoms with E-state index < -0.39 is 0 Å². The zero-order valence-electron chi connectivity index (χ0n) is 17.4. The normalized spacial score (nSPS) is 10.6. The van der Waals surface area contributed by atoms with Gasteiger partial charge in [0.25, 0.3) is 5.56 Å². The number of nitriles is 1. The van der Waals surface area contributed by atoms with Crippen LogP contribution in [-0.2, 0) is 11.2 Å². The Kier molecular flexibility index (Phi) is 6.34. The van der Waals surface area contributed by atoms with E-state index in [2.05, 4.69) is 23.3 Å². The van der Waals surface area contributed by atoms with Crippen molar-refractivity contribution in [1.29, 1.82) is 5.26 Å². The Bertz CT molecular complexity index is 1370. The van der Waals surface area contributed by atoms with Gasteiger partial charge in [0.05, 0.1) is 34.0 Å². The number of nitrogens with zero attached hydrogens (tertiary/aromatic N) is 3. The van der Waals surface area contributed by atoms with Crippen LogP contribution in [0, 0.1) is 11.3 Å². The van der Waals surface area contributed by atoms with Gasteiger partial charge in [0.1, 0.15) is 0 Å². The Labute approximate surface area is 189 Å². The second kappa shape index (κ2) is 9.50. The molecule has 0 atom stereocenters. The summed E-state index contributed by atoms with van der Waals surface area (Å²) >= 11 is 1.19. The van der Waals surface area contributed by atoms with E-state index in [1.807, 2.05) is 30.3 Å². The summed E-state index contributed by atoms with van der Waals surface area (Å²) in [5, 5.41) is 12.8. The predicted octanol–water partition coefficient (Wildman–Crippen LogP) is 4.55. The first-order valence-corrected chi connectivity index (χ1v) is 11.1. The highest BCUT2D eigenvalue weighted by Gasteiger charge is 2.15. The molecule has 1 N–H and O–H groups in total. The minimum absolute atomic E-state index is 0.0938. The number of para-hydroxylation sites is 1. The number of anilines is 1. The van der Waals surface area contributed by atoms with Crippen LogP contribution < -0.4 is 10.9 Å². The van der Waals surface area contributed by atoms with Crippen molar-refractivity contribution in [2.75, 3.05) is 11.1 Å². The number of rotatable bonds is 6. The van der Waals surface area contributed by atoms with Crippen molar-refractivity contribution < 1.29 is 4.79 Å². The van der Waals surface area contributed by atoms with E-state index in [9.17, 15) is 9.59 Å². The molecule has 1 heterocycles. The van der Waals surface area contributed by atoms with Crippen LogP contribution >= 0.6 is 11.8 Å². The SMILES string of the molecule is CCc1ccc(NC(=O)CSc2nc3ccccc3c(=O)n2-c2ccc(C#N)cc2)cc1. The lowest BCUT2D eigenvalue weighted by atomic mass is 10.1. The van der Waals surface area contributed by atoms with E-state index in [4.69, 9.17) is 5.26 Å². The second-order valence-corrected chi connectivity index (χ2v) is 8.04. The standard InChI is InChI=1S/C25H20N4O2S/c1-2-17-7-11-19(12-8-17)27-23(30)16-32-25-28-22-6-4-3-5-21(22)24(31)29(25)20-13-9-18(15-26)10-14-20/h3-14H,2,16H2,1H3,(H,27,30). The van der Waals surface area contributed by atoms with E-state index in [1.165, 1.54) is 21.9 Å². The maximum atomic E-state index is 13.2. The van der Waals surface area contributed by atoms with Crippen molar-refractivity contribution in [2.45, 2.75) is 18.5 Å². The molecule has 1 aromatic heterocycles. The van der Waals surface area contributed by atoms with E-state index >= 15 is 0 Å². The summed E-state index contributed by atoms with van der Waals surface area (Å²) in [7, 11) is 0. The average molecular weight is 441 g/mol. The molecule has 0 spiro atoms. The summed E-state index contributed by atoms with van der Waals surface area (Å²) in [5.74, 6) is -0.0932. The van der Waals surface area contributed by atoms with Gasteiger partial charge in [-0.1, -0.05) is 43.0 Å². The average Bonchev–Trinajstić information content (AvgIpc) is 2.83. The van der Waals surface area contributed by atoms with E-state index in [0.717, 1.165) is 12.1 Å². The number of benzene rings is 3. The molecule has 6 nitrogen and oxygen atoms in total. The third-order valence-electron chi connectivity index (χ3n) is 4.98. The fraction of sp³-hybridized carbons (Fsp3) is 0.120. The third-order valence-corrected chi connectivity index (χ3v) is 5.92. The van der Waals surface area contributed by atoms with Crippen LogP contribution in [0.3, 0.4) is 0 Å². The van der Waals surface area contributed by atoms with E-state index in [-0.39, 0.29) is 17.2 Å². The summed E-state index contributed by atoms with van der Waals surface area (Å²) in [6.07, 6.45) is 0.935. The van der Waals surface area contributed by atoms with Crippen molar-refractivity contribution in [3.63, 3.8) is 0 Å². The Morgan fingerprint density at radius 2 is 1.78 bits per heavy atom. The second-order valence-electron chi connectivity index (χ2n) is 7.10. The minimum Gasteiger partial charge on any atom is -0.325 e. The molecule has 0 aliphatic rings. The van der Waals surface area contributed by atoms with Crippen molar-refractivity contribution >= 4 is 34.3 Å². The largest absolute Gasteiger partial charge is 0.325 e. The lowest BCUT2D eigenvalue weighted by molar-refractivity contribution is -0.113. The number of thioether (sulfide) groups is 1. The maximum absolute atomic E-state index is 13.2. The number of amides is 1. The van der Waals surface area contributed by atoms with Gasteiger partial charge in [0, 0.05) is 5.69 Å². The Morgan fingerprint density at radius 1 is 1.06 bits per heavy atom. The Hall–Kier alpha value is -3.89. The van der Waals surface area contributed by atoms with Crippen LogP contribution in [-0.4, -0.2) is 21.2 Å². The van der Waals surface area contributed by atoms with Crippen LogP contribution in [0.4, 0.5) is 5.69 Å². The summed E-state index contributed by atoms with van der Waals surface area (Å²) in [6, 6.07) is 23.6. The molecule has 32 heavy (non-hydrogen) atoms. The first kappa shape index (κ1) is 21.3. The smallest absolute Gasteiger partial charge is 0.266 e. The molecule has 3 aromatic carbocycles. The number of hydrogen-bond donors (Lipinski definition) is 1. The molecule has 158 valence electrons. The lowest BCUT2D eigenvalue weighted by Gasteiger charge is -2.13. The number of fused-ring (bicyclic) bond motifs is 1. The van der Waals surface area contributed by atoms with Gasteiger partial charge in [0.2, 0.25) is 5.91 Å². The molecular formula is C25H20N4O2S. The first-order chi connectivity index (χ1) is 15.6. The zero-order chi connectivity index (χ0) is 22.5. The fourth-order valence-corrected chi connectivity index (χ4v) is 4.09. The van der Waals surface area contributed by atoms with Crippen molar-refractivity contribution in [1.82, 2.24) is 9.55 Å². The highest BCUT2D eigenvalue weighted by Crippen LogP contribution is 2.22. The Balaban J connectivity index is 1.63. The number of nitrogens with one attached hydrogen (secondary N) is 1. The third kappa shape index (κ3) is 4.56. The molecule has 0 saturated heterocycles. The van der Waals surface area contributed by atoms with Gasteiger partial charge in [0.15, 0.2) is 5.16 Å². The molecule has 0 radical (unpaired) electrons. The lowest BCUT2D eigenvalue weighted by Crippen LogP contribution is -2.23. The summed E-state index contributed by atoms with van der Waals surface area (Å²) in [4.78, 5) is 30.4. The molecular weight excluding hydrogens is 420 g/mol. The van der Waals surface area contributed by atoms with Crippen LogP contribution in [0.15, 0.2) is 82.7 Å². The van der Waals surface area contributed by atoms with Gasteiger partial charge >= 0.3 is 0 Å². The zero-order valence-corrected chi connectivity index (χ0v) is 18.2. The van der Waals surface area contributed by atoms with Gasteiger partial charge < -0.3 is 5.32 Å². The number of carbonyl (C=O) groups is 1. The topological polar surface area (TPSA) is 87.8 Å². The van der Waals surface area contributed by atoms with Crippen molar-refractivity contribution in [2.24, 2.45) is 0 Å². The molecule has 0 unspecified atom stereocenters. The predicted molar refractivity (Wildman–Crippen MR) is 127 cm³/mol. The molecule has 4 rings (SSSR count). The molecule has 0 bridgehead atoms. The molecule has 0 saturated carbocycles. The number of aryl methyl sites for hydroxylation is 1. The van der Waals surface area contributed by atoms with Gasteiger partial charge in [-0.2, -0.15) is 5.26 Å². The van der Waals surface area contributed by atoms with Gasteiger partial charge in [-0.3, -0.25) is 14.2 Å². The Morgan fingerprint density at radius 3 is 2.47 bits per heavy atom. The van der Waals surface area contributed by atoms with E-state index in [0.29, 0.717) is 27.3 Å².